The number of nitrogens with zero attached hydrogens (tertiary/aromatic N) is 1. The van der Waals surface area contributed by atoms with E-state index in [0.29, 0.717) is 16.7 Å². The molecule has 3 N–H and O–H groups in total. The highest BCUT2D eigenvalue weighted by Crippen LogP contribution is 2.19. The van der Waals surface area contributed by atoms with E-state index in [4.69, 9.17) is 5.73 Å². The lowest BCUT2D eigenvalue weighted by Gasteiger charge is -2.04. The number of aromatic amines is 1. The van der Waals surface area contributed by atoms with Crippen molar-refractivity contribution < 1.29 is 8.78 Å². The maximum absolute atomic E-state index is 13.3. The molecule has 3 aromatic rings. The van der Waals surface area contributed by atoms with Crippen LogP contribution in [0.5, 0.6) is 0 Å². The van der Waals surface area contributed by atoms with Gasteiger partial charge in [-0.3, -0.25) is 4.57 Å². The number of nitrogen functional groups attached to an aromatic ring is 1. The fourth-order valence-electron chi connectivity index (χ4n) is 2.00. The molecule has 96 valence electrons. The van der Waals surface area contributed by atoms with Gasteiger partial charge in [0.1, 0.15) is 0 Å². The van der Waals surface area contributed by atoms with Crippen molar-refractivity contribution in [3.05, 3.63) is 58.5 Å². The van der Waals surface area contributed by atoms with E-state index in [9.17, 15) is 13.6 Å². The fourth-order valence-corrected chi connectivity index (χ4v) is 2.00. The predicted molar refractivity (Wildman–Crippen MR) is 68.2 cm³/mol. The number of imidazole rings is 1. The maximum atomic E-state index is 13.3. The Kier molecular flexibility index (Phi) is 2.38. The van der Waals surface area contributed by atoms with Gasteiger partial charge in [-0.05, 0) is 30.3 Å². The summed E-state index contributed by atoms with van der Waals surface area (Å²) >= 11 is 0. The molecule has 0 bridgehead atoms. The number of hydrogen-bond acceptors (Lipinski definition) is 2. The van der Waals surface area contributed by atoms with Gasteiger partial charge in [-0.1, -0.05) is 0 Å². The highest BCUT2D eigenvalue weighted by molar-refractivity contribution is 5.80. The fraction of sp³-hybridized carbons (Fsp3) is 0. The first-order valence-corrected chi connectivity index (χ1v) is 5.52. The summed E-state index contributed by atoms with van der Waals surface area (Å²) in [5, 5.41) is 0. The molecule has 3 rings (SSSR count). The van der Waals surface area contributed by atoms with Crippen LogP contribution in [0, 0.1) is 11.6 Å². The number of H-pyrrole nitrogens is 1. The third-order valence-electron chi connectivity index (χ3n) is 2.87. The van der Waals surface area contributed by atoms with Gasteiger partial charge < -0.3 is 10.7 Å². The van der Waals surface area contributed by atoms with Crippen LogP contribution in [0.1, 0.15) is 0 Å². The zero-order valence-electron chi connectivity index (χ0n) is 9.65. The van der Waals surface area contributed by atoms with Crippen molar-refractivity contribution in [2.45, 2.75) is 0 Å². The zero-order chi connectivity index (χ0) is 13.6. The summed E-state index contributed by atoms with van der Waals surface area (Å²) in [6.07, 6.45) is 0. The van der Waals surface area contributed by atoms with Crippen molar-refractivity contribution in [2.24, 2.45) is 0 Å². The van der Waals surface area contributed by atoms with E-state index >= 15 is 0 Å². The number of fused-ring (bicyclic) bond motifs is 1. The summed E-state index contributed by atoms with van der Waals surface area (Å²) in [4.78, 5) is 14.5. The van der Waals surface area contributed by atoms with Crippen molar-refractivity contribution in [3.8, 4) is 5.69 Å². The Hall–Kier alpha value is -2.63. The Balaban J connectivity index is 2.35. The minimum absolute atomic E-state index is 0.237. The highest BCUT2D eigenvalue weighted by Gasteiger charge is 2.11. The second-order valence-corrected chi connectivity index (χ2v) is 4.14. The predicted octanol–water partition coefficient (Wildman–Crippen LogP) is 2.18. The van der Waals surface area contributed by atoms with Gasteiger partial charge in [0.2, 0.25) is 0 Å². The normalized spacial score (nSPS) is 11.1. The highest BCUT2D eigenvalue weighted by atomic mass is 19.2. The van der Waals surface area contributed by atoms with Crippen LogP contribution in [0.3, 0.4) is 0 Å². The van der Waals surface area contributed by atoms with E-state index in [0.717, 1.165) is 12.1 Å². The molecule has 0 atom stereocenters. The number of aromatic nitrogens is 2. The Bertz CT molecular complexity index is 836. The van der Waals surface area contributed by atoms with Gasteiger partial charge in [0.15, 0.2) is 11.6 Å². The molecule has 0 aliphatic heterocycles. The van der Waals surface area contributed by atoms with Crippen LogP contribution in [0.2, 0.25) is 0 Å². The van der Waals surface area contributed by atoms with E-state index < -0.39 is 17.3 Å². The number of rotatable bonds is 1. The van der Waals surface area contributed by atoms with Gasteiger partial charge in [0.05, 0.1) is 16.7 Å². The molecule has 6 heteroatoms. The van der Waals surface area contributed by atoms with Gasteiger partial charge >= 0.3 is 5.69 Å². The van der Waals surface area contributed by atoms with Gasteiger partial charge in [0, 0.05) is 11.8 Å². The van der Waals surface area contributed by atoms with Crippen LogP contribution in [0.15, 0.2) is 41.2 Å². The zero-order valence-corrected chi connectivity index (χ0v) is 9.65. The standard InChI is InChI=1S/C13H9F2N3O/c14-9-3-2-8(6-10(9)15)18-12-5-7(16)1-4-11(12)17-13(18)19/h1-6H,16H2,(H,17,19). The Labute approximate surface area is 106 Å². The molecule has 2 aromatic carbocycles. The van der Waals surface area contributed by atoms with Crippen molar-refractivity contribution >= 4 is 16.7 Å². The molecule has 0 saturated carbocycles. The molecule has 1 aromatic heterocycles. The Morgan fingerprint density at radius 1 is 1.05 bits per heavy atom. The first-order chi connectivity index (χ1) is 9.06. The van der Waals surface area contributed by atoms with E-state index in [1.807, 2.05) is 0 Å². The molecule has 0 amide bonds. The van der Waals surface area contributed by atoms with Crippen LogP contribution < -0.4 is 11.4 Å². The molecule has 0 fully saturated rings. The van der Waals surface area contributed by atoms with E-state index in [2.05, 4.69) is 4.98 Å². The van der Waals surface area contributed by atoms with E-state index in [1.54, 1.807) is 18.2 Å². The van der Waals surface area contributed by atoms with Gasteiger partial charge in [-0.15, -0.1) is 0 Å². The summed E-state index contributed by atoms with van der Waals surface area (Å²) in [6, 6.07) is 8.16. The lowest BCUT2D eigenvalue weighted by atomic mass is 10.2. The number of hydrogen-bond donors (Lipinski definition) is 2. The third-order valence-corrected chi connectivity index (χ3v) is 2.87. The van der Waals surface area contributed by atoms with Crippen LogP contribution in [0.25, 0.3) is 16.7 Å². The Morgan fingerprint density at radius 3 is 2.58 bits per heavy atom. The molecule has 0 unspecified atom stereocenters. The number of nitrogens with two attached hydrogens (primary N) is 1. The van der Waals surface area contributed by atoms with E-state index in [-0.39, 0.29) is 5.69 Å². The second kappa shape index (κ2) is 3.94. The first kappa shape index (κ1) is 11.5. The molecule has 1 heterocycles. The SMILES string of the molecule is Nc1ccc2[nH]c(=O)n(-c3ccc(F)c(F)c3)c2c1. The lowest BCUT2D eigenvalue weighted by molar-refractivity contribution is 0.508. The van der Waals surface area contributed by atoms with Gasteiger partial charge in [-0.2, -0.15) is 0 Å². The average molecular weight is 261 g/mol. The van der Waals surface area contributed by atoms with Crippen LogP contribution in [-0.2, 0) is 0 Å². The second-order valence-electron chi connectivity index (χ2n) is 4.14. The number of nitrogens with one attached hydrogen (secondary N) is 1. The number of halogens is 2. The van der Waals surface area contributed by atoms with E-state index in [1.165, 1.54) is 10.6 Å². The molecule has 0 spiro atoms. The van der Waals surface area contributed by atoms with Crippen molar-refractivity contribution in [1.29, 1.82) is 0 Å². The minimum Gasteiger partial charge on any atom is -0.399 e. The topological polar surface area (TPSA) is 63.8 Å². The number of anilines is 1. The van der Waals surface area contributed by atoms with Crippen molar-refractivity contribution in [3.63, 3.8) is 0 Å². The average Bonchev–Trinajstić information content (AvgIpc) is 2.68. The number of benzene rings is 2. The molecule has 0 aliphatic rings. The quantitative estimate of drug-likeness (QED) is 0.659. The smallest absolute Gasteiger partial charge is 0.331 e. The summed E-state index contributed by atoms with van der Waals surface area (Å²) in [7, 11) is 0. The largest absolute Gasteiger partial charge is 0.399 e. The Morgan fingerprint density at radius 2 is 1.84 bits per heavy atom. The van der Waals surface area contributed by atoms with Gasteiger partial charge in [0.25, 0.3) is 0 Å². The first-order valence-electron chi connectivity index (χ1n) is 5.52. The van der Waals surface area contributed by atoms with Crippen molar-refractivity contribution in [2.75, 3.05) is 5.73 Å². The lowest BCUT2D eigenvalue weighted by Crippen LogP contribution is -2.14. The molecule has 4 nitrogen and oxygen atoms in total. The summed E-state index contributed by atoms with van der Waals surface area (Å²) in [6.45, 7) is 0. The van der Waals surface area contributed by atoms with Gasteiger partial charge in [-0.25, -0.2) is 13.6 Å². The molecule has 0 radical (unpaired) electrons. The van der Waals surface area contributed by atoms with Crippen molar-refractivity contribution in [1.82, 2.24) is 9.55 Å². The van der Waals surface area contributed by atoms with Crippen LogP contribution >= 0.6 is 0 Å². The molecular weight excluding hydrogens is 252 g/mol. The molecular formula is C13H9F2N3O. The summed E-state index contributed by atoms with van der Waals surface area (Å²) in [5.41, 5.74) is 7.03. The summed E-state index contributed by atoms with van der Waals surface area (Å²) < 4.78 is 27.4. The van der Waals surface area contributed by atoms with Crippen LogP contribution in [-0.4, -0.2) is 9.55 Å². The monoisotopic (exact) mass is 261 g/mol. The molecule has 19 heavy (non-hydrogen) atoms. The third kappa shape index (κ3) is 1.77. The molecule has 0 aliphatic carbocycles. The summed E-state index contributed by atoms with van der Waals surface area (Å²) in [5.74, 6) is -1.97. The molecule has 0 saturated heterocycles. The maximum Gasteiger partial charge on any atom is 0.331 e. The van der Waals surface area contributed by atoms with Crippen LogP contribution in [0.4, 0.5) is 14.5 Å². The minimum atomic E-state index is -1.01.